The fraction of sp³-hybridized carbons (Fsp3) is 0.167. The molecule has 0 radical (unpaired) electrons. The van der Waals surface area contributed by atoms with Gasteiger partial charge in [0.1, 0.15) is 4.88 Å². The summed E-state index contributed by atoms with van der Waals surface area (Å²) in [6.07, 6.45) is 0. The van der Waals surface area contributed by atoms with Gasteiger partial charge in [0.25, 0.3) is 5.89 Å². The van der Waals surface area contributed by atoms with Crippen LogP contribution >= 0.6 is 22.9 Å². The van der Waals surface area contributed by atoms with Crippen LogP contribution in [-0.2, 0) is 0 Å². The van der Waals surface area contributed by atoms with E-state index in [0.717, 1.165) is 10.6 Å². The van der Waals surface area contributed by atoms with Gasteiger partial charge in [0, 0.05) is 0 Å². The second kappa shape index (κ2) is 2.84. The SMILES string of the molecule is Cc1ncsc1-c1nnc(Cl)o1. The first-order valence-corrected chi connectivity index (χ1v) is 4.42. The van der Waals surface area contributed by atoms with E-state index in [1.165, 1.54) is 11.3 Å². The molecule has 6 heteroatoms. The van der Waals surface area contributed by atoms with Crippen LogP contribution in [0, 0.1) is 6.92 Å². The van der Waals surface area contributed by atoms with Crippen LogP contribution in [0.3, 0.4) is 0 Å². The number of nitrogens with zero attached hydrogens (tertiary/aromatic N) is 3. The average Bonchev–Trinajstić information content (AvgIpc) is 2.58. The van der Waals surface area contributed by atoms with Crippen molar-refractivity contribution in [1.29, 1.82) is 0 Å². The van der Waals surface area contributed by atoms with Crippen molar-refractivity contribution in [2.24, 2.45) is 0 Å². The van der Waals surface area contributed by atoms with Gasteiger partial charge in [-0.1, -0.05) is 5.10 Å². The first-order valence-electron chi connectivity index (χ1n) is 3.17. The lowest BCUT2D eigenvalue weighted by Gasteiger charge is -1.86. The molecule has 2 rings (SSSR count). The molecule has 0 N–H and O–H groups in total. The number of hydrogen-bond acceptors (Lipinski definition) is 5. The third-order valence-electron chi connectivity index (χ3n) is 1.34. The second-order valence-electron chi connectivity index (χ2n) is 2.13. The molecule has 62 valence electrons. The molecule has 0 aliphatic carbocycles. The normalized spacial score (nSPS) is 10.5. The summed E-state index contributed by atoms with van der Waals surface area (Å²) < 4.78 is 5.02. The van der Waals surface area contributed by atoms with Gasteiger partial charge in [0.15, 0.2) is 0 Å². The van der Waals surface area contributed by atoms with Gasteiger partial charge in [-0.15, -0.1) is 16.4 Å². The Morgan fingerprint density at radius 1 is 1.50 bits per heavy atom. The summed E-state index contributed by atoms with van der Waals surface area (Å²) >= 11 is 6.92. The third kappa shape index (κ3) is 1.21. The lowest BCUT2D eigenvalue weighted by molar-refractivity contribution is 0.572. The number of rotatable bonds is 1. The summed E-state index contributed by atoms with van der Waals surface area (Å²) in [5.41, 5.74) is 2.60. The molecule has 0 saturated carbocycles. The summed E-state index contributed by atoms with van der Waals surface area (Å²) in [7, 11) is 0. The Hall–Kier alpha value is -0.940. The minimum absolute atomic E-state index is 0.0535. The monoisotopic (exact) mass is 201 g/mol. The van der Waals surface area contributed by atoms with Gasteiger partial charge in [0.05, 0.1) is 11.2 Å². The van der Waals surface area contributed by atoms with Crippen LogP contribution in [0.25, 0.3) is 10.8 Å². The van der Waals surface area contributed by atoms with Crippen molar-refractivity contribution in [3.63, 3.8) is 0 Å². The Kier molecular flexibility index (Phi) is 1.82. The van der Waals surface area contributed by atoms with Gasteiger partial charge in [-0.25, -0.2) is 4.98 Å². The van der Waals surface area contributed by atoms with E-state index in [1.54, 1.807) is 5.51 Å². The lowest BCUT2D eigenvalue weighted by atomic mass is 10.4. The Morgan fingerprint density at radius 2 is 2.33 bits per heavy atom. The number of halogens is 1. The fourth-order valence-electron chi connectivity index (χ4n) is 0.804. The molecule has 0 atom stereocenters. The smallest absolute Gasteiger partial charge is 0.313 e. The summed E-state index contributed by atoms with van der Waals surface area (Å²) in [5.74, 6) is 0.431. The molecule has 0 saturated heterocycles. The van der Waals surface area contributed by atoms with Crippen molar-refractivity contribution >= 4 is 22.9 Å². The van der Waals surface area contributed by atoms with Gasteiger partial charge >= 0.3 is 5.35 Å². The molecule has 2 heterocycles. The van der Waals surface area contributed by atoms with Crippen molar-refractivity contribution in [3.05, 3.63) is 16.6 Å². The van der Waals surface area contributed by atoms with E-state index < -0.39 is 0 Å². The predicted molar refractivity (Wildman–Crippen MR) is 45.2 cm³/mol. The molecule has 0 spiro atoms. The van der Waals surface area contributed by atoms with Crippen molar-refractivity contribution in [3.8, 4) is 10.8 Å². The number of hydrogen-bond donors (Lipinski definition) is 0. The van der Waals surface area contributed by atoms with Gasteiger partial charge in [-0.2, -0.15) is 0 Å². The molecule has 0 amide bonds. The van der Waals surface area contributed by atoms with E-state index in [4.69, 9.17) is 16.0 Å². The molecule has 4 nitrogen and oxygen atoms in total. The number of aromatic nitrogens is 3. The van der Waals surface area contributed by atoms with E-state index in [2.05, 4.69) is 15.2 Å². The molecule has 0 aliphatic rings. The molecule has 12 heavy (non-hydrogen) atoms. The highest BCUT2D eigenvalue weighted by molar-refractivity contribution is 7.13. The minimum atomic E-state index is 0.0535. The highest BCUT2D eigenvalue weighted by Gasteiger charge is 2.11. The fourth-order valence-corrected chi connectivity index (χ4v) is 1.64. The van der Waals surface area contributed by atoms with Gasteiger partial charge < -0.3 is 4.42 Å². The highest BCUT2D eigenvalue weighted by atomic mass is 35.5. The maximum absolute atomic E-state index is 5.47. The van der Waals surface area contributed by atoms with E-state index >= 15 is 0 Å². The quantitative estimate of drug-likeness (QED) is 0.710. The lowest BCUT2D eigenvalue weighted by Crippen LogP contribution is -1.76. The average molecular weight is 202 g/mol. The molecule has 0 aromatic carbocycles. The first-order chi connectivity index (χ1) is 5.77. The van der Waals surface area contributed by atoms with Crippen LogP contribution in [-0.4, -0.2) is 15.2 Å². The van der Waals surface area contributed by atoms with E-state index in [1.807, 2.05) is 6.92 Å². The zero-order valence-corrected chi connectivity index (χ0v) is 7.69. The topological polar surface area (TPSA) is 51.8 Å². The van der Waals surface area contributed by atoms with E-state index in [-0.39, 0.29) is 5.35 Å². The third-order valence-corrected chi connectivity index (χ3v) is 2.41. The van der Waals surface area contributed by atoms with E-state index in [0.29, 0.717) is 5.89 Å². The summed E-state index contributed by atoms with van der Waals surface area (Å²) in [6, 6.07) is 0. The molecule has 0 fully saturated rings. The van der Waals surface area contributed by atoms with Crippen LogP contribution < -0.4 is 0 Å². The standard InChI is InChI=1S/C6H4ClN3OS/c1-3-4(12-2-8-3)5-9-10-6(7)11-5/h2H,1H3. The molecular weight excluding hydrogens is 198 g/mol. The van der Waals surface area contributed by atoms with Crippen molar-refractivity contribution in [2.45, 2.75) is 6.92 Å². The first kappa shape index (κ1) is 7.70. The Bertz CT molecular complexity index is 397. The number of aryl methyl sites for hydroxylation is 1. The van der Waals surface area contributed by atoms with Gasteiger partial charge in [-0.05, 0) is 18.5 Å². The summed E-state index contributed by atoms with van der Waals surface area (Å²) in [4.78, 5) is 4.92. The summed E-state index contributed by atoms with van der Waals surface area (Å²) in [5, 5.41) is 7.34. The zero-order valence-electron chi connectivity index (χ0n) is 6.11. The Labute approximate surface area is 77.2 Å². The maximum atomic E-state index is 5.47. The molecule has 0 aliphatic heterocycles. The van der Waals surface area contributed by atoms with Gasteiger partial charge in [-0.3, -0.25) is 0 Å². The molecular formula is C6H4ClN3OS. The second-order valence-corrected chi connectivity index (χ2v) is 3.31. The molecule has 0 unspecified atom stereocenters. The van der Waals surface area contributed by atoms with Crippen LogP contribution in [0.2, 0.25) is 5.35 Å². The maximum Gasteiger partial charge on any atom is 0.313 e. The van der Waals surface area contributed by atoms with Gasteiger partial charge in [0.2, 0.25) is 0 Å². The zero-order chi connectivity index (χ0) is 8.55. The highest BCUT2D eigenvalue weighted by Crippen LogP contribution is 2.26. The van der Waals surface area contributed by atoms with Crippen LogP contribution in [0.5, 0.6) is 0 Å². The van der Waals surface area contributed by atoms with Crippen molar-refractivity contribution < 1.29 is 4.42 Å². The summed E-state index contributed by atoms with van der Waals surface area (Å²) in [6.45, 7) is 1.88. The van der Waals surface area contributed by atoms with Crippen molar-refractivity contribution in [2.75, 3.05) is 0 Å². The van der Waals surface area contributed by atoms with Crippen molar-refractivity contribution in [1.82, 2.24) is 15.2 Å². The van der Waals surface area contributed by atoms with Crippen LogP contribution in [0.15, 0.2) is 9.93 Å². The van der Waals surface area contributed by atoms with Crippen LogP contribution in [0.4, 0.5) is 0 Å². The molecule has 0 bridgehead atoms. The Balaban J connectivity index is 2.50. The van der Waals surface area contributed by atoms with E-state index in [9.17, 15) is 0 Å². The Morgan fingerprint density at radius 3 is 2.83 bits per heavy atom. The molecule has 2 aromatic heterocycles. The van der Waals surface area contributed by atoms with Crippen LogP contribution in [0.1, 0.15) is 5.69 Å². The number of thiazole rings is 1. The largest absolute Gasteiger partial charge is 0.406 e. The molecule has 2 aromatic rings. The predicted octanol–water partition coefficient (Wildman–Crippen LogP) is 2.15. The minimum Gasteiger partial charge on any atom is -0.406 e.